The summed E-state index contributed by atoms with van der Waals surface area (Å²) >= 11 is 0. The predicted molar refractivity (Wildman–Crippen MR) is 57.9 cm³/mol. The van der Waals surface area contributed by atoms with Crippen molar-refractivity contribution >= 4 is 17.1 Å². The van der Waals surface area contributed by atoms with Gasteiger partial charge in [0.2, 0.25) is 5.89 Å². The molecule has 0 unspecified atom stereocenters. The molecule has 1 heterocycles. The molecule has 90 valence electrons. The Balaban J connectivity index is 2.11. The summed E-state index contributed by atoms with van der Waals surface area (Å²) in [5.41, 5.74) is 1.26. The van der Waals surface area contributed by atoms with Gasteiger partial charge in [0, 0.05) is 6.07 Å². The first-order valence-corrected chi connectivity index (χ1v) is 4.92. The van der Waals surface area contributed by atoms with Crippen molar-refractivity contribution in [2.24, 2.45) is 0 Å². The lowest BCUT2D eigenvalue weighted by molar-refractivity contribution is -0.142. The molecule has 17 heavy (non-hydrogen) atoms. The topological polar surface area (TPSA) is 81.8 Å². The van der Waals surface area contributed by atoms with Crippen LogP contribution in [0.25, 0.3) is 11.1 Å². The second-order valence-corrected chi connectivity index (χ2v) is 3.33. The van der Waals surface area contributed by atoms with E-state index in [-0.39, 0.29) is 13.2 Å². The van der Waals surface area contributed by atoms with Crippen LogP contribution in [0, 0.1) is 0 Å². The lowest BCUT2D eigenvalue weighted by Crippen LogP contribution is -2.06. The van der Waals surface area contributed by atoms with E-state index < -0.39 is 5.97 Å². The number of nitrogens with zero attached hydrogens (tertiary/aromatic N) is 1. The van der Waals surface area contributed by atoms with Gasteiger partial charge in [0.15, 0.2) is 5.58 Å². The minimum Gasteiger partial charge on any atom is -0.497 e. The standard InChI is InChI=1S/C11H11NO5/c1-15-7-2-3-9-8(4-7)12-10(17-9)5-16-6-11(13)14/h2-4H,5-6H2,1H3,(H,13,14). The van der Waals surface area contributed by atoms with E-state index in [1.807, 2.05) is 0 Å². The van der Waals surface area contributed by atoms with Crippen molar-refractivity contribution in [3.63, 3.8) is 0 Å². The number of carbonyl (C=O) groups is 1. The van der Waals surface area contributed by atoms with Gasteiger partial charge in [-0.2, -0.15) is 0 Å². The minimum absolute atomic E-state index is 0.0310. The number of benzene rings is 1. The van der Waals surface area contributed by atoms with Gasteiger partial charge in [-0.1, -0.05) is 0 Å². The second kappa shape index (κ2) is 4.84. The van der Waals surface area contributed by atoms with Crippen LogP contribution in [0.3, 0.4) is 0 Å². The molecule has 2 aromatic rings. The molecule has 0 saturated carbocycles. The average Bonchev–Trinajstić information content (AvgIpc) is 2.69. The summed E-state index contributed by atoms with van der Waals surface area (Å²) in [6.07, 6.45) is 0. The Hall–Kier alpha value is -2.08. The van der Waals surface area contributed by atoms with Gasteiger partial charge in [0.25, 0.3) is 0 Å². The van der Waals surface area contributed by atoms with Crippen LogP contribution in [-0.2, 0) is 16.1 Å². The van der Waals surface area contributed by atoms with Crippen LogP contribution in [0.4, 0.5) is 0 Å². The monoisotopic (exact) mass is 237 g/mol. The number of aromatic nitrogens is 1. The summed E-state index contributed by atoms with van der Waals surface area (Å²) in [4.78, 5) is 14.4. The molecular weight excluding hydrogens is 226 g/mol. The third kappa shape index (κ3) is 2.73. The highest BCUT2D eigenvalue weighted by Crippen LogP contribution is 2.21. The summed E-state index contributed by atoms with van der Waals surface area (Å²) in [7, 11) is 1.57. The fraction of sp³-hybridized carbons (Fsp3) is 0.273. The van der Waals surface area contributed by atoms with E-state index in [0.717, 1.165) is 0 Å². The predicted octanol–water partition coefficient (Wildman–Crippen LogP) is 1.44. The molecule has 0 amide bonds. The van der Waals surface area contributed by atoms with Gasteiger partial charge in [-0.15, -0.1) is 0 Å². The number of ether oxygens (including phenoxy) is 2. The molecule has 0 radical (unpaired) electrons. The zero-order valence-corrected chi connectivity index (χ0v) is 9.17. The number of rotatable bonds is 5. The number of aliphatic carboxylic acids is 1. The lowest BCUT2D eigenvalue weighted by Gasteiger charge is -1.95. The van der Waals surface area contributed by atoms with Crippen LogP contribution in [-0.4, -0.2) is 29.8 Å². The van der Waals surface area contributed by atoms with Gasteiger partial charge in [-0.05, 0) is 12.1 Å². The van der Waals surface area contributed by atoms with E-state index in [1.165, 1.54) is 0 Å². The number of carboxylic acids is 1. The molecule has 0 bridgehead atoms. The highest BCUT2D eigenvalue weighted by Gasteiger charge is 2.07. The fourth-order valence-electron chi connectivity index (χ4n) is 1.37. The van der Waals surface area contributed by atoms with Gasteiger partial charge in [0.05, 0.1) is 7.11 Å². The lowest BCUT2D eigenvalue weighted by atomic mass is 10.3. The van der Waals surface area contributed by atoms with Crippen molar-refractivity contribution in [3.05, 3.63) is 24.1 Å². The summed E-state index contributed by atoms with van der Waals surface area (Å²) < 4.78 is 15.3. The molecule has 1 N–H and O–H groups in total. The first-order chi connectivity index (χ1) is 8.19. The Morgan fingerprint density at radius 3 is 3.06 bits per heavy atom. The van der Waals surface area contributed by atoms with Crippen molar-refractivity contribution in [1.82, 2.24) is 4.98 Å². The van der Waals surface area contributed by atoms with E-state index in [0.29, 0.717) is 22.7 Å². The van der Waals surface area contributed by atoms with Gasteiger partial charge >= 0.3 is 5.97 Å². The Kier molecular flexibility index (Phi) is 3.24. The number of fused-ring (bicyclic) bond motifs is 1. The summed E-state index contributed by atoms with van der Waals surface area (Å²) in [5.74, 6) is 0.00101. The maximum absolute atomic E-state index is 10.3. The smallest absolute Gasteiger partial charge is 0.329 e. The van der Waals surface area contributed by atoms with E-state index in [1.54, 1.807) is 25.3 Å². The summed E-state index contributed by atoms with van der Waals surface area (Å²) in [5, 5.41) is 8.41. The normalized spacial score (nSPS) is 10.6. The third-order valence-corrected chi connectivity index (χ3v) is 2.09. The Morgan fingerprint density at radius 2 is 2.35 bits per heavy atom. The Morgan fingerprint density at radius 1 is 1.53 bits per heavy atom. The first-order valence-electron chi connectivity index (χ1n) is 4.92. The molecule has 2 rings (SSSR count). The highest BCUT2D eigenvalue weighted by molar-refractivity contribution is 5.74. The molecule has 0 fully saturated rings. The number of hydrogen-bond acceptors (Lipinski definition) is 5. The van der Waals surface area contributed by atoms with Gasteiger partial charge in [0.1, 0.15) is 24.5 Å². The van der Waals surface area contributed by atoms with Crippen LogP contribution in [0.15, 0.2) is 22.6 Å². The van der Waals surface area contributed by atoms with Crippen molar-refractivity contribution in [3.8, 4) is 5.75 Å². The molecule has 0 aliphatic carbocycles. The second-order valence-electron chi connectivity index (χ2n) is 3.33. The maximum Gasteiger partial charge on any atom is 0.329 e. The van der Waals surface area contributed by atoms with E-state index in [2.05, 4.69) is 4.98 Å². The Labute approximate surface area is 96.8 Å². The van der Waals surface area contributed by atoms with Crippen molar-refractivity contribution in [2.45, 2.75) is 6.61 Å². The van der Waals surface area contributed by atoms with E-state index in [9.17, 15) is 4.79 Å². The van der Waals surface area contributed by atoms with E-state index in [4.69, 9.17) is 19.0 Å². The molecule has 0 spiro atoms. The largest absolute Gasteiger partial charge is 0.497 e. The Bertz CT molecular complexity index is 534. The quantitative estimate of drug-likeness (QED) is 0.847. The first kappa shape index (κ1) is 11.4. The fourth-order valence-corrected chi connectivity index (χ4v) is 1.37. The molecule has 0 saturated heterocycles. The van der Waals surface area contributed by atoms with Crippen LogP contribution in [0.2, 0.25) is 0 Å². The molecular formula is C11H11NO5. The van der Waals surface area contributed by atoms with Crippen molar-refractivity contribution < 1.29 is 23.8 Å². The zero-order chi connectivity index (χ0) is 12.3. The molecule has 0 aliphatic heterocycles. The molecule has 1 aromatic heterocycles. The van der Waals surface area contributed by atoms with Gasteiger partial charge < -0.3 is 19.0 Å². The molecule has 1 aromatic carbocycles. The van der Waals surface area contributed by atoms with Crippen LogP contribution in [0.1, 0.15) is 5.89 Å². The van der Waals surface area contributed by atoms with Crippen LogP contribution < -0.4 is 4.74 Å². The van der Waals surface area contributed by atoms with Crippen LogP contribution in [0.5, 0.6) is 5.75 Å². The number of carboxylic acid groups (broad SMARTS) is 1. The highest BCUT2D eigenvalue weighted by atomic mass is 16.5. The molecule has 6 nitrogen and oxygen atoms in total. The average molecular weight is 237 g/mol. The summed E-state index contributed by atoms with van der Waals surface area (Å²) in [6, 6.07) is 5.23. The van der Waals surface area contributed by atoms with Gasteiger partial charge in [-0.25, -0.2) is 9.78 Å². The zero-order valence-electron chi connectivity index (χ0n) is 9.17. The van der Waals surface area contributed by atoms with Gasteiger partial charge in [-0.3, -0.25) is 0 Å². The van der Waals surface area contributed by atoms with E-state index >= 15 is 0 Å². The minimum atomic E-state index is -1.03. The molecule has 6 heteroatoms. The number of methoxy groups -OCH3 is 1. The summed E-state index contributed by atoms with van der Waals surface area (Å²) in [6.45, 7) is -0.342. The molecule has 0 aliphatic rings. The third-order valence-electron chi connectivity index (χ3n) is 2.09. The maximum atomic E-state index is 10.3. The molecule has 0 atom stereocenters. The number of hydrogen-bond donors (Lipinski definition) is 1. The number of oxazole rings is 1. The van der Waals surface area contributed by atoms with Crippen LogP contribution >= 0.6 is 0 Å². The SMILES string of the molecule is COc1ccc2oc(COCC(=O)O)nc2c1. The van der Waals surface area contributed by atoms with Crippen molar-refractivity contribution in [1.29, 1.82) is 0 Å². The van der Waals surface area contributed by atoms with Crippen molar-refractivity contribution in [2.75, 3.05) is 13.7 Å².